The molecule has 0 bridgehead atoms. The van der Waals surface area contributed by atoms with Gasteiger partial charge >= 0.3 is 0 Å². The Bertz CT molecular complexity index is 478. The molecule has 0 unspecified atom stereocenters. The second-order valence-electron chi connectivity index (χ2n) is 3.20. The van der Waals surface area contributed by atoms with E-state index >= 15 is 0 Å². The van der Waals surface area contributed by atoms with Crippen molar-refractivity contribution in [3.8, 4) is 0 Å². The monoisotopic (exact) mass is 194 g/mol. The van der Waals surface area contributed by atoms with Crippen LogP contribution in [0.5, 0.6) is 0 Å². The van der Waals surface area contributed by atoms with E-state index in [0.717, 1.165) is 30.4 Å². The minimum absolute atomic E-state index is 0.511. The Balaban J connectivity index is 2.46. The average molecular weight is 195 g/mol. The van der Waals surface area contributed by atoms with Crippen LogP contribution in [0.4, 0.5) is 0 Å². The molecule has 0 aliphatic heterocycles. The van der Waals surface area contributed by atoms with E-state index in [2.05, 4.69) is 9.97 Å². The van der Waals surface area contributed by atoms with Crippen LogP contribution in [0.3, 0.4) is 0 Å². The maximum Gasteiger partial charge on any atom is 0.231 e. The van der Waals surface area contributed by atoms with Crippen LogP contribution in [0.2, 0.25) is 5.15 Å². The second kappa shape index (κ2) is 2.45. The molecule has 66 valence electrons. The van der Waals surface area contributed by atoms with E-state index in [1.165, 1.54) is 11.9 Å². The maximum atomic E-state index is 5.97. The lowest BCUT2D eigenvalue weighted by Crippen LogP contribution is -1.82. The highest BCUT2D eigenvalue weighted by Crippen LogP contribution is 2.34. The summed E-state index contributed by atoms with van der Waals surface area (Å²) in [6.07, 6.45) is 4.62. The van der Waals surface area contributed by atoms with Gasteiger partial charge in [0.1, 0.15) is 17.2 Å². The van der Waals surface area contributed by atoms with Crippen molar-refractivity contribution >= 4 is 22.7 Å². The molecule has 0 N–H and O–H groups in total. The summed E-state index contributed by atoms with van der Waals surface area (Å²) in [5.74, 6) is 1.04. The summed E-state index contributed by atoms with van der Waals surface area (Å²) in [6.45, 7) is 0. The van der Waals surface area contributed by atoms with Gasteiger partial charge in [-0.05, 0) is 12.8 Å². The van der Waals surface area contributed by atoms with Crippen LogP contribution in [0, 0.1) is 0 Å². The first-order chi connectivity index (χ1) is 6.36. The van der Waals surface area contributed by atoms with Gasteiger partial charge in [0.2, 0.25) is 5.71 Å². The molecule has 0 spiro atoms. The van der Waals surface area contributed by atoms with Gasteiger partial charge < -0.3 is 4.42 Å². The number of nitrogens with zero attached hydrogens (tertiary/aromatic N) is 2. The molecule has 2 heterocycles. The largest absolute Gasteiger partial charge is 0.442 e. The molecule has 3 rings (SSSR count). The Morgan fingerprint density at radius 2 is 2.23 bits per heavy atom. The predicted molar refractivity (Wildman–Crippen MR) is 48.8 cm³/mol. The van der Waals surface area contributed by atoms with Gasteiger partial charge in [-0.3, -0.25) is 0 Å². The predicted octanol–water partition coefficient (Wildman–Crippen LogP) is 2.36. The SMILES string of the molecule is Clc1ncnc2oc3c(c12)CCC3. The van der Waals surface area contributed by atoms with E-state index in [4.69, 9.17) is 16.0 Å². The van der Waals surface area contributed by atoms with Crippen molar-refractivity contribution in [1.82, 2.24) is 9.97 Å². The maximum absolute atomic E-state index is 5.97. The van der Waals surface area contributed by atoms with Gasteiger partial charge in [0, 0.05) is 12.0 Å². The first-order valence-electron chi connectivity index (χ1n) is 4.27. The fourth-order valence-corrected chi connectivity index (χ4v) is 2.13. The smallest absolute Gasteiger partial charge is 0.231 e. The van der Waals surface area contributed by atoms with E-state index in [9.17, 15) is 0 Å². The number of aromatic nitrogens is 2. The van der Waals surface area contributed by atoms with Crippen molar-refractivity contribution in [3.05, 3.63) is 22.8 Å². The van der Waals surface area contributed by atoms with Crippen molar-refractivity contribution in [2.24, 2.45) is 0 Å². The molecule has 0 aromatic carbocycles. The molecule has 0 fully saturated rings. The lowest BCUT2D eigenvalue weighted by atomic mass is 10.2. The first-order valence-corrected chi connectivity index (χ1v) is 4.65. The van der Waals surface area contributed by atoms with Crippen LogP contribution in [-0.4, -0.2) is 9.97 Å². The highest BCUT2D eigenvalue weighted by atomic mass is 35.5. The minimum atomic E-state index is 0.511. The standard InChI is InChI=1S/C9H7ClN2O/c10-8-7-5-2-1-3-6(5)13-9(7)12-4-11-8/h4H,1-3H2. The fraction of sp³-hybridized carbons (Fsp3) is 0.333. The molecule has 0 saturated carbocycles. The number of rotatable bonds is 0. The van der Waals surface area contributed by atoms with Crippen LogP contribution in [0.25, 0.3) is 11.1 Å². The van der Waals surface area contributed by atoms with Crippen LogP contribution in [0.1, 0.15) is 17.7 Å². The van der Waals surface area contributed by atoms with E-state index in [0.29, 0.717) is 10.9 Å². The molecule has 1 aliphatic rings. The highest BCUT2D eigenvalue weighted by molar-refractivity contribution is 6.34. The summed E-state index contributed by atoms with van der Waals surface area (Å²) >= 11 is 5.97. The van der Waals surface area contributed by atoms with E-state index in [1.54, 1.807) is 0 Å². The van der Waals surface area contributed by atoms with Gasteiger partial charge in [0.15, 0.2) is 0 Å². The zero-order chi connectivity index (χ0) is 8.84. The average Bonchev–Trinajstić information content (AvgIpc) is 2.62. The Labute approximate surface area is 79.7 Å². The zero-order valence-electron chi connectivity index (χ0n) is 6.88. The van der Waals surface area contributed by atoms with Crippen molar-refractivity contribution in [2.75, 3.05) is 0 Å². The van der Waals surface area contributed by atoms with Gasteiger partial charge in [-0.1, -0.05) is 11.6 Å². The molecule has 3 nitrogen and oxygen atoms in total. The molecular formula is C9H7ClN2O. The first kappa shape index (κ1) is 7.33. The normalized spacial score (nSPS) is 15.2. The topological polar surface area (TPSA) is 38.9 Å². The lowest BCUT2D eigenvalue weighted by molar-refractivity contribution is 0.546. The summed E-state index contributed by atoms with van der Waals surface area (Å²) in [6, 6.07) is 0. The van der Waals surface area contributed by atoms with Crippen LogP contribution in [0.15, 0.2) is 10.7 Å². The third-order valence-electron chi connectivity index (χ3n) is 2.46. The summed E-state index contributed by atoms with van der Waals surface area (Å²) < 4.78 is 5.56. The van der Waals surface area contributed by atoms with Crippen molar-refractivity contribution in [3.63, 3.8) is 0 Å². The van der Waals surface area contributed by atoms with Crippen molar-refractivity contribution < 1.29 is 4.42 Å². The van der Waals surface area contributed by atoms with E-state index < -0.39 is 0 Å². The molecule has 0 atom stereocenters. The Hall–Kier alpha value is -1.09. The summed E-state index contributed by atoms with van der Waals surface area (Å²) in [7, 11) is 0. The zero-order valence-corrected chi connectivity index (χ0v) is 7.64. The molecular weight excluding hydrogens is 188 g/mol. The van der Waals surface area contributed by atoms with E-state index in [-0.39, 0.29) is 0 Å². The molecule has 0 saturated heterocycles. The van der Waals surface area contributed by atoms with Crippen LogP contribution < -0.4 is 0 Å². The number of aryl methyl sites for hydroxylation is 2. The van der Waals surface area contributed by atoms with Gasteiger partial charge in [-0.25, -0.2) is 9.97 Å². The van der Waals surface area contributed by atoms with Crippen LogP contribution >= 0.6 is 11.6 Å². The number of hydrogen-bond donors (Lipinski definition) is 0. The summed E-state index contributed by atoms with van der Waals surface area (Å²) in [5.41, 5.74) is 1.84. The van der Waals surface area contributed by atoms with Crippen molar-refractivity contribution in [1.29, 1.82) is 0 Å². The molecule has 2 aromatic rings. The van der Waals surface area contributed by atoms with Crippen LogP contribution in [-0.2, 0) is 12.8 Å². The van der Waals surface area contributed by atoms with Gasteiger partial charge in [-0.2, -0.15) is 0 Å². The minimum Gasteiger partial charge on any atom is -0.442 e. The summed E-state index contributed by atoms with van der Waals surface area (Å²) in [5, 5.41) is 1.42. The Morgan fingerprint density at radius 3 is 3.15 bits per heavy atom. The number of halogens is 1. The Morgan fingerprint density at radius 1 is 1.31 bits per heavy atom. The Kier molecular flexibility index (Phi) is 1.38. The second-order valence-corrected chi connectivity index (χ2v) is 3.56. The lowest BCUT2D eigenvalue weighted by Gasteiger charge is -1.92. The highest BCUT2D eigenvalue weighted by Gasteiger charge is 2.22. The molecule has 13 heavy (non-hydrogen) atoms. The van der Waals surface area contributed by atoms with Crippen molar-refractivity contribution in [2.45, 2.75) is 19.3 Å². The summed E-state index contributed by atoms with van der Waals surface area (Å²) in [4.78, 5) is 7.99. The fourth-order valence-electron chi connectivity index (χ4n) is 1.89. The number of fused-ring (bicyclic) bond motifs is 3. The van der Waals surface area contributed by atoms with E-state index in [1.807, 2.05) is 0 Å². The van der Waals surface area contributed by atoms with Gasteiger partial charge in [0.05, 0.1) is 5.39 Å². The third kappa shape index (κ3) is 0.907. The quantitative estimate of drug-likeness (QED) is 0.605. The number of furan rings is 1. The molecule has 2 aromatic heterocycles. The molecule has 0 radical (unpaired) electrons. The molecule has 1 aliphatic carbocycles. The van der Waals surface area contributed by atoms with Gasteiger partial charge in [-0.15, -0.1) is 0 Å². The van der Waals surface area contributed by atoms with Gasteiger partial charge in [0.25, 0.3) is 0 Å². The molecule has 4 heteroatoms. The number of hydrogen-bond acceptors (Lipinski definition) is 3. The molecule has 0 amide bonds. The third-order valence-corrected chi connectivity index (χ3v) is 2.74.